The Morgan fingerprint density at radius 2 is 1.76 bits per heavy atom. The minimum Gasteiger partial charge on any atom is -0.493 e. The van der Waals surface area contributed by atoms with Gasteiger partial charge in [-0.15, -0.1) is 0 Å². The average Bonchev–Trinajstić information content (AvgIpc) is 2.46. The Balaban J connectivity index is 2.31. The molecule has 4 nitrogen and oxygen atoms in total. The Labute approximate surface area is 122 Å². The lowest BCUT2D eigenvalue weighted by molar-refractivity contribution is 0.102. The smallest absolute Gasteiger partial charge is 0.256 e. The molecule has 5 heteroatoms. The van der Waals surface area contributed by atoms with Crippen LogP contribution in [-0.2, 0) is 0 Å². The normalized spacial score (nSPS) is 10.1. The maximum Gasteiger partial charge on any atom is 0.256 e. The summed E-state index contributed by atoms with van der Waals surface area (Å²) in [5, 5.41) is 2.65. The Bertz CT molecular complexity index is 671. The van der Waals surface area contributed by atoms with Crippen molar-refractivity contribution in [1.82, 2.24) is 0 Å². The largest absolute Gasteiger partial charge is 0.493 e. The van der Waals surface area contributed by atoms with Crippen molar-refractivity contribution < 1.29 is 18.7 Å². The lowest BCUT2D eigenvalue weighted by Crippen LogP contribution is -2.14. The van der Waals surface area contributed by atoms with Gasteiger partial charge >= 0.3 is 0 Å². The van der Waals surface area contributed by atoms with E-state index in [1.165, 1.54) is 32.4 Å². The van der Waals surface area contributed by atoms with Gasteiger partial charge in [-0.2, -0.15) is 0 Å². The molecule has 2 aromatic carbocycles. The quantitative estimate of drug-likeness (QED) is 0.938. The second-order valence-electron chi connectivity index (χ2n) is 4.49. The Morgan fingerprint density at radius 1 is 1.10 bits per heavy atom. The van der Waals surface area contributed by atoms with Crippen LogP contribution >= 0.6 is 0 Å². The highest BCUT2D eigenvalue weighted by Gasteiger charge is 2.14. The van der Waals surface area contributed by atoms with Crippen molar-refractivity contribution >= 4 is 11.6 Å². The van der Waals surface area contributed by atoms with Gasteiger partial charge in [0.1, 0.15) is 5.82 Å². The van der Waals surface area contributed by atoms with Crippen LogP contribution in [0, 0.1) is 12.7 Å². The zero-order chi connectivity index (χ0) is 15.4. The van der Waals surface area contributed by atoms with Crippen LogP contribution in [0.5, 0.6) is 11.5 Å². The van der Waals surface area contributed by atoms with Crippen LogP contribution in [0.3, 0.4) is 0 Å². The Morgan fingerprint density at radius 3 is 2.38 bits per heavy atom. The fraction of sp³-hybridized carbons (Fsp3) is 0.188. The van der Waals surface area contributed by atoms with Crippen molar-refractivity contribution in [2.45, 2.75) is 6.92 Å². The van der Waals surface area contributed by atoms with Crippen LogP contribution in [0.1, 0.15) is 15.9 Å². The summed E-state index contributed by atoms with van der Waals surface area (Å²) in [5.41, 5.74) is 1.58. The minimum atomic E-state index is -0.406. The molecule has 21 heavy (non-hydrogen) atoms. The lowest BCUT2D eigenvalue weighted by atomic mass is 10.1. The summed E-state index contributed by atoms with van der Waals surface area (Å²) < 4.78 is 23.5. The van der Waals surface area contributed by atoms with Gasteiger partial charge in [0.25, 0.3) is 5.91 Å². The molecule has 0 spiro atoms. The molecule has 0 radical (unpaired) electrons. The zero-order valence-corrected chi connectivity index (χ0v) is 12.1. The topological polar surface area (TPSA) is 47.6 Å². The predicted octanol–water partition coefficient (Wildman–Crippen LogP) is 3.40. The number of amides is 1. The van der Waals surface area contributed by atoms with Crippen LogP contribution in [0.2, 0.25) is 0 Å². The molecule has 0 aromatic heterocycles. The van der Waals surface area contributed by atoms with Crippen LogP contribution in [0.25, 0.3) is 0 Å². The van der Waals surface area contributed by atoms with Gasteiger partial charge < -0.3 is 14.8 Å². The number of rotatable bonds is 4. The van der Waals surface area contributed by atoms with Crippen molar-refractivity contribution in [1.29, 1.82) is 0 Å². The number of nitrogens with one attached hydrogen (secondary N) is 1. The molecule has 0 atom stereocenters. The SMILES string of the molecule is COc1cc(C)c(C(=O)Nc2cccc(F)c2)cc1OC. The molecule has 0 bridgehead atoms. The summed E-state index contributed by atoms with van der Waals surface area (Å²) in [6.07, 6.45) is 0. The maximum atomic E-state index is 13.1. The van der Waals surface area contributed by atoms with Gasteiger partial charge in [0, 0.05) is 11.3 Å². The van der Waals surface area contributed by atoms with E-state index in [2.05, 4.69) is 5.32 Å². The average molecular weight is 289 g/mol. The number of carbonyl (C=O) groups excluding carboxylic acids is 1. The zero-order valence-electron chi connectivity index (χ0n) is 12.1. The van der Waals surface area contributed by atoms with Crippen LogP contribution in [-0.4, -0.2) is 20.1 Å². The van der Waals surface area contributed by atoms with E-state index in [0.29, 0.717) is 22.7 Å². The number of methoxy groups -OCH3 is 2. The Kier molecular flexibility index (Phi) is 4.42. The van der Waals surface area contributed by atoms with Crippen LogP contribution in [0.15, 0.2) is 36.4 Å². The molecular weight excluding hydrogens is 273 g/mol. The first-order chi connectivity index (χ1) is 10.0. The highest BCUT2D eigenvalue weighted by Crippen LogP contribution is 2.30. The van der Waals surface area contributed by atoms with Crippen LogP contribution < -0.4 is 14.8 Å². The van der Waals surface area contributed by atoms with Gasteiger partial charge in [-0.3, -0.25) is 4.79 Å². The van der Waals surface area contributed by atoms with Crippen molar-refractivity contribution in [2.75, 3.05) is 19.5 Å². The third-order valence-corrected chi connectivity index (χ3v) is 3.06. The summed E-state index contributed by atoms with van der Waals surface area (Å²) in [6.45, 7) is 1.79. The van der Waals surface area contributed by atoms with E-state index in [4.69, 9.17) is 9.47 Å². The van der Waals surface area contributed by atoms with E-state index < -0.39 is 5.82 Å². The number of aryl methyl sites for hydroxylation is 1. The summed E-state index contributed by atoms with van der Waals surface area (Å²) in [5.74, 6) is 0.278. The van der Waals surface area contributed by atoms with Crippen LogP contribution in [0.4, 0.5) is 10.1 Å². The molecule has 0 saturated carbocycles. The maximum absolute atomic E-state index is 13.1. The van der Waals surface area contributed by atoms with Crippen molar-refractivity contribution in [3.05, 3.63) is 53.3 Å². The molecule has 0 fully saturated rings. The van der Waals surface area contributed by atoms with Gasteiger partial charge in [-0.25, -0.2) is 4.39 Å². The fourth-order valence-corrected chi connectivity index (χ4v) is 1.99. The fourth-order valence-electron chi connectivity index (χ4n) is 1.99. The molecule has 0 heterocycles. The molecule has 110 valence electrons. The van der Waals surface area contributed by atoms with Gasteiger partial charge in [0.2, 0.25) is 0 Å². The highest BCUT2D eigenvalue weighted by molar-refractivity contribution is 6.05. The number of carbonyl (C=O) groups is 1. The van der Waals surface area contributed by atoms with E-state index >= 15 is 0 Å². The Hall–Kier alpha value is -2.56. The molecule has 0 unspecified atom stereocenters. The van der Waals surface area contributed by atoms with Gasteiger partial charge in [-0.05, 0) is 42.8 Å². The predicted molar refractivity (Wildman–Crippen MR) is 78.6 cm³/mol. The van der Waals surface area contributed by atoms with Gasteiger partial charge in [-0.1, -0.05) is 6.07 Å². The number of benzene rings is 2. The molecular formula is C16H16FNO3. The van der Waals surface area contributed by atoms with E-state index in [1.807, 2.05) is 0 Å². The number of hydrogen-bond acceptors (Lipinski definition) is 3. The molecule has 1 amide bonds. The molecule has 2 rings (SSSR count). The first-order valence-corrected chi connectivity index (χ1v) is 6.34. The van der Waals surface area contributed by atoms with Crippen molar-refractivity contribution in [2.24, 2.45) is 0 Å². The first kappa shape index (κ1) is 14.8. The number of ether oxygens (including phenoxy) is 2. The van der Waals surface area contributed by atoms with E-state index in [-0.39, 0.29) is 5.91 Å². The van der Waals surface area contributed by atoms with E-state index in [9.17, 15) is 9.18 Å². The number of hydrogen-bond donors (Lipinski definition) is 1. The monoisotopic (exact) mass is 289 g/mol. The third-order valence-electron chi connectivity index (χ3n) is 3.06. The molecule has 0 saturated heterocycles. The lowest BCUT2D eigenvalue weighted by Gasteiger charge is -2.13. The molecule has 2 aromatic rings. The third kappa shape index (κ3) is 3.31. The van der Waals surface area contributed by atoms with Gasteiger partial charge in [0.05, 0.1) is 14.2 Å². The molecule has 1 N–H and O–H groups in total. The second kappa shape index (κ2) is 6.26. The van der Waals surface area contributed by atoms with E-state index in [0.717, 1.165) is 5.56 Å². The van der Waals surface area contributed by atoms with Crippen molar-refractivity contribution in [3.63, 3.8) is 0 Å². The summed E-state index contributed by atoms with van der Waals surface area (Å²) in [7, 11) is 3.03. The van der Waals surface area contributed by atoms with Crippen molar-refractivity contribution in [3.8, 4) is 11.5 Å². The molecule has 0 aliphatic rings. The molecule has 0 aliphatic carbocycles. The first-order valence-electron chi connectivity index (χ1n) is 6.34. The second-order valence-corrected chi connectivity index (χ2v) is 4.49. The van der Waals surface area contributed by atoms with Gasteiger partial charge in [0.15, 0.2) is 11.5 Å². The summed E-state index contributed by atoms with van der Waals surface area (Å²) >= 11 is 0. The molecule has 0 aliphatic heterocycles. The summed E-state index contributed by atoms with van der Waals surface area (Å²) in [6, 6.07) is 9.05. The number of anilines is 1. The minimum absolute atomic E-state index is 0.334. The standard InChI is InChI=1S/C16H16FNO3/c1-10-7-14(20-2)15(21-3)9-13(10)16(19)18-12-6-4-5-11(17)8-12/h4-9H,1-3H3,(H,18,19). The number of halogens is 1. The van der Waals surface area contributed by atoms with E-state index in [1.54, 1.807) is 25.1 Å². The highest BCUT2D eigenvalue weighted by atomic mass is 19.1. The summed E-state index contributed by atoms with van der Waals surface area (Å²) in [4.78, 5) is 12.3.